The van der Waals surface area contributed by atoms with Crippen LogP contribution in [0.3, 0.4) is 0 Å². The van der Waals surface area contributed by atoms with E-state index < -0.39 is 30.7 Å². The average molecular weight is 452 g/mol. The lowest BCUT2D eigenvalue weighted by molar-refractivity contribution is -0.170. The molecule has 1 saturated heterocycles. The van der Waals surface area contributed by atoms with Crippen molar-refractivity contribution in [2.75, 3.05) is 6.61 Å². The maximum Gasteiger partial charge on any atom is 0.184 e. The van der Waals surface area contributed by atoms with Crippen LogP contribution in [0.15, 0.2) is 91.0 Å². The first-order valence-corrected chi connectivity index (χ1v) is 11.1. The average Bonchev–Trinajstić information content (AvgIpc) is 3.15. The van der Waals surface area contributed by atoms with E-state index in [1.807, 2.05) is 91.0 Å². The quantitative estimate of drug-likeness (QED) is 0.435. The fourth-order valence-corrected chi connectivity index (χ4v) is 3.82. The van der Waals surface area contributed by atoms with Gasteiger partial charge in [-0.05, 0) is 16.7 Å². The molecule has 2 N–H and O–H groups in total. The first-order chi connectivity index (χ1) is 16.2. The van der Waals surface area contributed by atoms with Crippen LogP contribution in [0.1, 0.15) is 16.7 Å². The van der Waals surface area contributed by atoms with Gasteiger partial charge in [0.05, 0.1) is 26.4 Å². The van der Waals surface area contributed by atoms with Crippen LogP contribution in [-0.4, -0.2) is 47.5 Å². The van der Waals surface area contributed by atoms with Crippen LogP contribution in [0.4, 0.5) is 0 Å². The number of benzene rings is 3. The highest BCUT2D eigenvalue weighted by atomic mass is 16.8. The van der Waals surface area contributed by atoms with Gasteiger partial charge < -0.3 is 29.2 Å². The van der Waals surface area contributed by atoms with Gasteiger partial charge in [0.25, 0.3) is 0 Å². The zero-order valence-corrected chi connectivity index (χ0v) is 18.4. The third-order valence-electron chi connectivity index (χ3n) is 5.60. The Labute approximate surface area is 194 Å². The summed E-state index contributed by atoms with van der Waals surface area (Å²) in [5.74, 6) is 0. The van der Waals surface area contributed by atoms with Crippen LogP contribution >= 0.6 is 0 Å². The minimum Gasteiger partial charge on any atom is -0.385 e. The van der Waals surface area contributed by atoms with E-state index in [0.29, 0.717) is 13.2 Å². The van der Waals surface area contributed by atoms with Crippen molar-refractivity contribution in [2.24, 2.45) is 0 Å². The van der Waals surface area contributed by atoms with E-state index in [0.717, 1.165) is 16.7 Å². The lowest BCUT2D eigenvalue weighted by Crippen LogP contribution is -2.44. The Balaban J connectivity index is 1.44. The van der Waals surface area contributed by atoms with Crippen LogP contribution in [0.25, 0.3) is 0 Å². The SMILES string of the molecule is O[C@@H]1[C@@H](OCc2ccccc2)[C@H]([C@@H](COCc2ccccc2)OCc2ccccc2)O[13CH]1O. The number of ether oxygens (including phenoxy) is 4. The third-order valence-corrected chi connectivity index (χ3v) is 5.60. The lowest BCUT2D eigenvalue weighted by Gasteiger charge is -2.28. The molecule has 174 valence electrons. The van der Waals surface area contributed by atoms with E-state index in [9.17, 15) is 10.2 Å². The molecule has 1 aliphatic rings. The fourth-order valence-electron chi connectivity index (χ4n) is 3.82. The molecule has 0 aliphatic carbocycles. The standard InChI is InChI=1S/C27H30O6/c28-24-26(32-18-22-14-8-3-9-15-22)25(33-27(24)29)23(31-17-21-12-6-2-7-13-21)19-30-16-20-10-4-1-5-11-20/h1-15,23-29H,16-19H2/t23-,24-,25+,26-,27?/m1/s1/i27+1. The molecule has 3 aromatic rings. The topological polar surface area (TPSA) is 77.4 Å². The Kier molecular flexibility index (Phi) is 8.60. The summed E-state index contributed by atoms with van der Waals surface area (Å²) >= 11 is 0. The normalized spacial score (nSPS) is 23.5. The number of hydrogen-bond donors (Lipinski definition) is 2. The second-order valence-electron chi connectivity index (χ2n) is 8.08. The molecular formula is C27H30O6. The Hall–Kier alpha value is -2.58. The highest BCUT2D eigenvalue weighted by Gasteiger charge is 2.48. The lowest BCUT2D eigenvalue weighted by atomic mass is 10.1. The second kappa shape index (κ2) is 12.0. The predicted octanol–water partition coefficient (Wildman–Crippen LogP) is 3.45. The molecule has 33 heavy (non-hydrogen) atoms. The van der Waals surface area contributed by atoms with Gasteiger partial charge in [0.2, 0.25) is 0 Å². The van der Waals surface area contributed by atoms with Gasteiger partial charge in [0.15, 0.2) is 6.29 Å². The van der Waals surface area contributed by atoms with Gasteiger partial charge in [-0.25, -0.2) is 0 Å². The summed E-state index contributed by atoms with van der Waals surface area (Å²) in [5, 5.41) is 20.8. The van der Waals surface area contributed by atoms with Crippen LogP contribution < -0.4 is 0 Å². The molecule has 5 atom stereocenters. The van der Waals surface area contributed by atoms with E-state index in [1.165, 1.54) is 0 Å². The maximum absolute atomic E-state index is 10.5. The maximum atomic E-state index is 10.5. The molecule has 0 radical (unpaired) electrons. The highest BCUT2D eigenvalue weighted by Crippen LogP contribution is 2.28. The van der Waals surface area contributed by atoms with E-state index in [2.05, 4.69) is 0 Å². The molecule has 6 nitrogen and oxygen atoms in total. The highest BCUT2D eigenvalue weighted by molar-refractivity contribution is 5.15. The van der Waals surface area contributed by atoms with Gasteiger partial charge in [-0.15, -0.1) is 0 Å². The van der Waals surface area contributed by atoms with Crippen LogP contribution in [0.2, 0.25) is 0 Å². The molecule has 6 heteroatoms. The van der Waals surface area contributed by atoms with Crippen molar-refractivity contribution in [1.29, 1.82) is 0 Å². The van der Waals surface area contributed by atoms with Crippen molar-refractivity contribution in [3.63, 3.8) is 0 Å². The van der Waals surface area contributed by atoms with Crippen molar-refractivity contribution >= 4 is 0 Å². The van der Waals surface area contributed by atoms with Crippen molar-refractivity contribution < 1.29 is 29.2 Å². The molecule has 1 unspecified atom stereocenters. The number of hydrogen-bond acceptors (Lipinski definition) is 6. The number of aliphatic hydroxyl groups excluding tert-OH is 2. The molecule has 1 aliphatic heterocycles. The van der Waals surface area contributed by atoms with Gasteiger partial charge in [0, 0.05) is 0 Å². The zero-order valence-electron chi connectivity index (χ0n) is 18.4. The molecule has 0 saturated carbocycles. The van der Waals surface area contributed by atoms with Gasteiger partial charge in [-0.3, -0.25) is 0 Å². The van der Waals surface area contributed by atoms with E-state index in [-0.39, 0.29) is 13.2 Å². The molecule has 4 rings (SSSR count). The van der Waals surface area contributed by atoms with Crippen LogP contribution in [0, 0.1) is 0 Å². The Morgan fingerprint density at radius 3 is 1.79 bits per heavy atom. The summed E-state index contributed by atoms with van der Waals surface area (Å²) < 4.78 is 23.8. The third kappa shape index (κ3) is 6.71. The molecule has 0 aromatic heterocycles. The summed E-state index contributed by atoms with van der Waals surface area (Å²) in [5.41, 5.74) is 3.02. The zero-order chi connectivity index (χ0) is 22.9. The summed E-state index contributed by atoms with van der Waals surface area (Å²) in [6, 6.07) is 29.3. The fraction of sp³-hybridized carbons (Fsp3) is 0.333. The van der Waals surface area contributed by atoms with E-state index in [1.54, 1.807) is 0 Å². The molecule has 1 heterocycles. The van der Waals surface area contributed by atoms with Crippen LogP contribution in [-0.2, 0) is 38.8 Å². The largest absolute Gasteiger partial charge is 0.385 e. The van der Waals surface area contributed by atoms with Crippen molar-refractivity contribution in [3.05, 3.63) is 108 Å². The van der Waals surface area contributed by atoms with E-state index >= 15 is 0 Å². The van der Waals surface area contributed by atoms with Gasteiger partial charge in [-0.1, -0.05) is 91.0 Å². The molecule has 0 bridgehead atoms. The van der Waals surface area contributed by atoms with Crippen molar-refractivity contribution in [3.8, 4) is 0 Å². The molecule has 3 aromatic carbocycles. The summed E-state index contributed by atoms with van der Waals surface area (Å²) in [7, 11) is 0. The van der Waals surface area contributed by atoms with Gasteiger partial charge in [0.1, 0.15) is 24.4 Å². The summed E-state index contributed by atoms with van der Waals surface area (Å²) in [6.45, 7) is 1.26. The minimum atomic E-state index is -1.35. The van der Waals surface area contributed by atoms with E-state index in [4.69, 9.17) is 18.9 Å². The summed E-state index contributed by atoms with van der Waals surface area (Å²) in [4.78, 5) is 0. The molecule has 0 amide bonds. The molecule has 1 fully saturated rings. The first-order valence-electron chi connectivity index (χ1n) is 11.1. The minimum absolute atomic E-state index is 0.219. The Morgan fingerprint density at radius 2 is 1.21 bits per heavy atom. The number of aliphatic hydroxyl groups is 2. The first kappa shape index (κ1) is 23.6. The van der Waals surface area contributed by atoms with Gasteiger partial charge in [-0.2, -0.15) is 0 Å². The predicted molar refractivity (Wildman–Crippen MR) is 123 cm³/mol. The number of rotatable bonds is 11. The Bertz CT molecular complexity index is 937. The van der Waals surface area contributed by atoms with Crippen LogP contribution in [0.5, 0.6) is 0 Å². The van der Waals surface area contributed by atoms with Crippen molar-refractivity contribution in [1.82, 2.24) is 0 Å². The molecular weight excluding hydrogens is 421 g/mol. The second-order valence-corrected chi connectivity index (χ2v) is 8.08. The Morgan fingerprint density at radius 1 is 0.697 bits per heavy atom. The molecule has 0 spiro atoms. The van der Waals surface area contributed by atoms with Gasteiger partial charge >= 0.3 is 0 Å². The smallest absolute Gasteiger partial charge is 0.184 e. The summed E-state index contributed by atoms with van der Waals surface area (Å²) in [6.07, 6.45) is -4.55. The van der Waals surface area contributed by atoms with Crippen molar-refractivity contribution in [2.45, 2.75) is 50.5 Å². The monoisotopic (exact) mass is 451 g/mol.